The third-order valence-corrected chi connectivity index (χ3v) is 3.33. The highest BCUT2D eigenvalue weighted by atomic mass is 32.1. The Morgan fingerprint density at radius 1 is 1.47 bits per heavy atom. The Labute approximate surface area is 103 Å². The lowest BCUT2D eigenvalue weighted by Gasteiger charge is -2.10. The number of nitrogens with one attached hydrogen (secondary N) is 1. The van der Waals surface area contributed by atoms with E-state index in [0.29, 0.717) is 17.2 Å². The van der Waals surface area contributed by atoms with Gasteiger partial charge in [-0.25, -0.2) is 4.98 Å². The first-order valence-electron chi connectivity index (χ1n) is 5.66. The summed E-state index contributed by atoms with van der Waals surface area (Å²) in [5.74, 6) is 0.322. The van der Waals surface area contributed by atoms with E-state index < -0.39 is 11.2 Å². The Morgan fingerprint density at radius 3 is 2.71 bits per heavy atom. The molecule has 0 fully saturated rings. The van der Waals surface area contributed by atoms with Gasteiger partial charge in [0.25, 0.3) is 0 Å². The summed E-state index contributed by atoms with van der Waals surface area (Å²) >= 11 is 0.743. The van der Waals surface area contributed by atoms with E-state index in [2.05, 4.69) is 17.2 Å². The first-order chi connectivity index (χ1) is 7.93. The lowest BCUT2D eigenvalue weighted by Crippen LogP contribution is -2.22. The summed E-state index contributed by atoms with van der Waals surface area (Å²) in [5.41, 5.74) is 0. The highest BCUT2D eigenvalue weighted by Gasteiger charge is 2.34. The molecule has 1 atom stereocenters. The highest BCUT2D eigenvalue weighted by Crippen LogP contribution is 2.32. The third kappa shape index (κ3) is 5.04. The third-order valence-electron chi connectivity index (χ3n) is 2.27. The summed E-state index contributed by atoms with van der Waals surface area (Å²) < 4.78 is 37.0. The molecule has 0 spiro atoms. The molecule has 0 aliphatic heterocycles. The van der Waals surface area contributed by atoms with Crippen molar-refractivity contribution < 1.29 is 13.2 Å². The van der Waals surface area contributed by atoms with E-state index in [-0.39, 0.29) is 0 Å². The van der Waals surface area contributed by atoms with Gasteiger partial charge in [0.15, 0.2) is 5.01 Å². The number of halogens is 3. The van der Waals surface area contributed by atoms with Crippen molar-refractivity contribution in [2.24, 2.45) is 5.92 Å². The molecule has 0 aromatic carbocycles. The van der Waals surface area contributed by atoms with Crippen LogP contribution in [0.15, 0.2) is 6.20 Å². The fourth-order valence-electron chi connectivity index (χ4n) is 1.47. The monoisotopic (exact) mass is 266 g/mol. The number of nitrogens with zero attached hydrogens (tertiary/aromatic N) is 1. The predicted molar refractivity (Wildman–Crippen MR) is 63.1 cm³/mol. The van der Waals surface area contributed by atoms with Crippen molar-refractivity contribution in [1.82, 2.24) is 10.3 Å². The number of aromatic nitrogens is 1. The molecule has 0 amide bonds. The summed E-state index contributed by atoms with van der Waals surface area (Å²) in [4.78, 5) is 4.11. The van der Waals surface area contributed by atoms with Gasteiger partial charge < -0.3 is 5.32 Å². The van der Waals surface area contributed by atoms with Crippen LogP contribution < -0.4 is 5.32 Å². The molecule has 0 aliphatic carbocycles. The molecule has 1 N–H and O–H groups in total. The van der Waals surface area contributed by atoms with Crippen LogP contribution in [0.4, 0.5) is 13.2 Å². The van der Waals surface area contributed by atoms with Crippen LogP contribution in [0.25, 0.3) is 0 Å². The minimum atomic E-state index is -4.31. The molecule has 1 aromatic heterocycles. The van der Waals surface area contributed by atoms with Crippen molar-refractivity contribution in [1.29, 1.82) is 0 Å². The fourth-order valence-corrected chi connectivity index (χ4v) is 2.42. The molecule has 1 unspecified atom stereocenters. The van der Waals surface area contributed by atoms with Crippen LogP contribution in [0.2, 0.25) is 0 Å². The molecule has 0 saturated carbocycles. The minimum Gasteiger partial charge on any atom is -0.316 e. The molecule has 1 heterocycles. The molecule has 98 valence electrons. The van der Waals surface area contributed by atoms with E-state index in [1.807, 2.05) is 6.92 Å². The molecule has 0 aliphatic rings. The molecular weight excluding hydrogens is 249 g/mol. The van der Waals surface area contributed by atoms with E-state index in [9.17, 15) is 13.2 Å². The predicted octanol–water partition coefficient (Wildman–Crippen LogP) is 3.34. The van der Waals surface area contributed by atoms with E-state index >= 15 is 0 Å². The molecule has 2 nitrogen and oxygen atoms in total. The molecular formula is C11H17F3N2S. The zero-order valence-corrected chi connectivity index (χ0v) is 10.8. The number of hydrogen-bond donors (Lipinski definition) is 1. The zero-order valence-electron chi connectivity index (χ0n) is 9.97. The Hall–Kier alpha value is -0.620. The van der Waals surface area contributed by atoms with Crippen LogP contribution in [0.1, 0.15) is 30.2 Å². The molecule has 0 saturated heterocycles. The van der Waals surface area contributed by atoms with Gasteiger partial charge in [-0.1, -0.05) is 13.8 Å². The van der Waals surface area contributed by atoms with Gasteiger partial charge in [-0.3, -0.25) is 0 Å². The fraction of sp³-hybridized carbons (Fsp3) is 0.727. The van der Waals surface area contributed by atoms with E-state index in [0.717, 1.165) is 30.8 Å². The topological polar surface area (TPSA) is 24.9 Å². The maximum Gasteiger partial charge on any atom is 0.443 e. The second-order valence-corrected chi connectivity index (χ2v) is 5.26. The summed E-state index contributed by atoms with van der Waals surface area (Å²) in [6, 6.07) is 0. The van der Waals surface area contributed by atoms with Crippen LogP contribution in [0.3, 0.4) is 0 Å². The van der Waals surface area contributed by atoms with Gasteiger partial charge in [0.2, 0.25) is 0 Å². The van der Waals surface area contributed by atoms with Gasteiger partial charge in [-0.15, -0.1) is 11.3 Å². The standard InChI is InChI=1S/C11H17F3N2S/c1-3-4-15-6-8(2)5-9-7-16-10(17-9)11(12,13)14/h7-8,15H,3-6H2,1-2H3. The number of rotatable bonds is 6. The Kier molecular flexibility index (Phi) is 5.39. The largest absolute Gasteiger partial charge is 0.443 e. The van der Waals surface area contributed by atoms with Gasteiger partial charge in [-0.05, 0) is 31.8 Å². The van der Waals surface area contributed by atoms with Crippen molar-refractivity contribution in [3.63, 3.8) is 0 Å². The number of thiazole rings is 1. The summed E-state index contributed by atoms with van der Waals surface area (Å²) in [6.07, 6.45) is -1.27. The second-order valence-electron chi connectivity index (χ2n) is 4.14. The lowest BCUT2D eigenvalue weighted by atomic mass is 10.1. The van der Waals surface area contributed by atoms with E-state index in [1.165, 1.54) is 6.20 Å². The van der Waals surface area contributed by atoms with E-state index in [1.54, 1.807) is 0 Å². The minimum absolute atomic E-state index is 0.322. The van der Waals surface area contributed by atoms with Gasteiger partial charge in [0, 0.05) is 11.1 Å². The Balaban J connectivity index is 2.43. The van der Waals surface area contributed by atoms with Gasteiger partial charge in [-0.2, -0.15) is 13.2 Å². The molecule has 0 bridgehead atoms. The summed E-state index contributed by atoms with van der Waals surface area (Å²) in [7, 11) is 0. The van der Waals surface area contributed by atoms with Crippen LogP contribution >= 0.6 is 11.3 Å². The maximum atomic E-state index is 12.3. The quantitative estimate of drug-likeness (QED) is 0.799. The van der Waals surface area contributed by atoms with Gasteiger partial charge in [0.1, 0.15) is 0 Å². The van der Waals surface area contributed by atoms with Crippen molar-refractivity contribution in [3.05, 3.63) is 16.1 Å². The van der Waals surface area contributed by atoms with Gasteiger partial charge >= 0.3 is 6.18 Å². The van der Waals surface area contributed by atoms with E-state index in [4.69, 9.17) is 0 Å². The normalized spacial score (nSPS) is 13.9. The smallest absolute Gasteiger partial charge is 0.316 e. The lowest BCUT2D eigenvalue weighted by molar-refractivity contribution is -0.137. The first-order valence-corrected chi connectivity index (χ1v) is 6.47. The van der Waals surface area contributed by atoms with Gasteiger partial charge in [0.05, 0.1) is 0 Å². The Bertz CT molecular complexity index is 336. The van der Waals surface area contributed by atoms with Crippen molar-refractivity contribution in [2.45, 2.75) is 32.9 Å². The molecule has 0 radical (unpaired) electrons. The Morgan fingerprint density at radius 2 is 2.18 bits per heavy atom. The van der Waals surface area contributed by atoms with Crippen LogP contribution in [-0.4, -0.2) is 18.1 Å². The van der Waals surface area contributed by atoms with Crippen LogP contribution in [0.5, 0.6) is 0 Å². The highest BCUT2D eigenvalue weighted by molar-refractivity contribution is 7.11. The molecule has 1 aromatic rings. The average Bonchev–Trinajstić information content (AvgIpc) is 2.66. The van der Waals surface area contributed by atoms with Crippen molar-refractivity contribution in [2.75, 3.05) is 13.1 Å². The molecule has 17 heavy (non-hydrogen) atoms. The van der Waals surface area contributed by atoms with Crippen LogP contribution in [0, 0.1) is 5.92 Å². The van der Waals surface area contributed by atoms with Crippen molar-refractivity contribution >= 4 is 11.3 Å². The number of hydrogen-bond acceptors (Lipinski definition) is 3. The summed E-state index contributed by atoms with van der Waals surface area (Å²) in [5, 5.41) is 2.51. The average molecular weight is 266 g/mol. The number of alkyl halides is 3. The second kappa shape index (κ2) is 6.35. The zero-order chi connectivity index (χ0) is 12.9. The SMILES string of the molecule is CCCNCC(C)Cc1cnc(C(F)(F)F)s1. The van der Waals surface area contributed by atoms with Crippen molar-refractivity contribution in [3.8, 4) is 0 Å². The molecule has 1 rings (SSSR count). The van der Waals surface area contributed by atoms with Crippen LogP contribution in [-0.2, 0) is 12.6 Å². The maximum absolute atomic E-state index is 12.3. The first kappa shape index (κ1) is 14.4. The molecule has 6 heteroatoms. The summed E-state index contributed by atoms with van der Waals surface area (Å²) in [6.45, 7) is 5.88.